The number of imidazole rings is 1. The van der Waals surface area contributed by atoms with Crippen molar-refractivity contribution in [3.63, 3.8) is 0 Å². The first kappa shape index (κ1) is 18.6. The molecule has 6 rings (SSSR count). The van der Waals surface area contributed by atoms with Crippen LogP contribution in [0.25, 0.3) is 5.65 Å². The van der Waals surface area contributed by atoms with E-state index in [2.05, 4.69) is 43.3 Å². The van der Waals surface area contributed by atoms with Gasteiger partial charge >= 0.3 is 0 Å². The van der Waals surface area contributed by atoms with Crippen LogP contribution in [0.1, 0.15) is 47.9 Å². The van der Waals surface area contributed by atoms with Crippen molar-refractivity contribution >= 4 is 29.0 Å². The summed E-state index contributed by atoms with van der Waals surface area (Å²) in [7, 11) is 0. The Kier molecular flexibility index (Phi) is 4.31. The Morgan fingerprint density at radius 3 is 2.87 bits per heavy atom. The minimum atomic E-state index is -0.0530. The molecule has 2 fully saturated rings. The van der Waals surface area contributed by atoms with Gasteiger partial charge in [0.05, 0.1) is 18.4 Å². The largest absolute Gasteiger partial charge is 0.308 e. The zero-order chi connectivity index (χ0) is 20.9. The van der Waals surface area contributed by atoms with Crippen molar-refractivity contribution in [1.29, 1.82) is 0 Å². The molecule has 8 heteroatoms. The third-order valence-corrected chi connectivity index (χ3v) is 6.33. The molecule has 0 bridgehead atoms. The van der Waals surface area contributed by atoms with E-state index in [0.29, 0.717) is 23.3 Å². The van der Waals surface area contributed by atoms with Crippen LogP contribution in [-0.2, 0) is 11.3 Å². The Morgan fingerprint density at radius 1 is 1.13 bits per heavy atom. The zero-order valence-corrected chi connectivity index (χ0v) is 17.5. The van der Waals surface area contributed by atoms with Gasteiger partial charge in [-0.15, -0.1) is 5.10 Å². The number of halogens is 1. The lowest BCUT2D eigenvalue weighted by atomic mass is 10.1. The third kappa shape index (κ3) is 3.81. The highest BCUT2D eigenvalue weighted by Gasteiger charge is 2.44. The van der Waals surface area contributed by atoms with Gasteiger partial charge in [-0.2, -0.15) is 0 Å². The number of amides is 1. The molecule has 156 valence electrons. The smallest absolute Gasteiger partial charge is 0.229 e. The summed E-state index contributed by atoms with van der Waals surface area (Å²) in [4.78, 5) is 17.2. The molecule has 0 saturated heterocycles. The van der Waals surface area contributed by atoms with Crippen LogP contribution < -0.4 is 5.32 Å². The van der Waals surface area contributed by atoms with Gasteiger partial charge < -0.3 is 9.72 Å². The number of anilines is 1. The predicted octanol–water partition coefficient (Wildman–Crippen LogP) is 4.25. The van der Waals surface area contributed by atoms with Gasteiger partial charge in [0.1, 0.15) is 5.65 Å². The summed E-state index contributed by atoms with van der Waals surface area (Å²) < 4.78 is 3.77. The van der Waals surface area contributed by atoms with Crippen molar-refractivity contribution < 1.29 is 4.79 Å². The van der Waals surface area contributed by atoms with Gasteiger partial charge in [-0.05, 0) is 60.4 Å². The van der Waals surface area contributed by atoms with Gasteiger partial charge in [-0.25, -0.2) is 9.67 Å². The predicted molar refractivity (Wildman–Crippen MR) is 117 cm³/mol. The molecular formula is C23H21ClN6O. The van der Waals surface area contributed by atoms with Crippen molar-refractivity contribution in [1.82, 2.24) is 24.4 Å². The number of carbonyl (C=O) groups excluding carboxylic acids is 1. The standard InChI is InChI=1S/C23H21ClN6O/c24-17-3-1-2-15(8-17)19-9-20(19)23(31)26-21-13-30(28-27-21)12-18-11-29-10-16(14-4-5-14)6-7-22(29)25-18/h1-3,6-8,10-11,13-14,19-20H,4-5,9,12H2,(H,26,31)/t19-,20?/m1/s1. The molecule has 0 radical (unpaired) electrons. The lowest BCUT2D eigenvalue weighted by Crippen LogP contribution is -2.14. The molecule has 3 aromatic heterocycles. The second-order valence-electron chi connectivity index (χ2n) is 8.53. The molecule has 0 aliphatic heterocycles. The number of fused-ring (bicyclic) bond motifs is 1. The first-order valence-corrected chi connectivity index (χ1v) is 10.9. The second kappa shape index (κ2) is 7.20. The van der Waals surface area contributed by atoms with Crippen LogP contribution in [0, 0.1) is 5.92 Å². The number of nitrogens with zero attached hydrogens (tertiary/aromatic N) is 5. The molecule has 2 atom stereocenters. The van der Waals surface area contributed by atoms with Crippen molar-refractivity contribution in [3.8, 4) is 0 Å². The molecule has 2 aliphatic carbocycles. The first-order valence-electron chi connectivity index (χ1n) is 10.6. The van der Waals surface area contributed by atoms with Gasteiger partial charge in [0.2, 0.25) is 5.91 Å². The third-order valence-electron chi connectivity index (χ3n) is 6.09. The van der Waals surface area contributed by atoms with E-state index in [1.165, 1.54) is 18.4 Å². The Bertz CT molecular complexity index is 1290. The van der Waals surface area contributed by atoms with Crippen LogP contribution >= 0.6 is 11.6 Å². The summed E-state index contributed by atoms with van der Waals surface area (Å²) in [5.41, 5.74) is 4.30. The molecule has 1 N–H and O–H groups in total. The van der Waals surface area contributed by atoms with Gasteiger partial charge in [-0.3, -0.25) is 4.79 Å². The van der Waals surface area contributed by atoms with Crippen LogP contribution in [0.3, 0.4) is 0 Å². The maximum Gasteiger partial charge on any atom is 0.229 e. The number of nitrogens with one attached hydrogen (secondary N) is 1. The number of aromatic nitrogens is 5. The maximum absolute atomic E-state index is 12.6. The topological polar surface area (TPSA) is 77.1 Å². The van der Waals surface area contributed by atoms with Crippen molar-refractivity contribution in [2.45, 2.75) is 37.6 Å². The van der Waals surface area contributed by atoms with E-state index in [9.17, 15) is 4.79 Å². The van der Waals surface area contributed by atoms with E-state index < -0.39 is 0 Å². The zero-order valence-electron chi connectivity index (χ0n) is 16.8. The molecule has 7 nitrogen and oxygen atoms in total. The van der Waals surface area contributed by atoms with E-state index in [0.717, 1.165) is 23.3 Å². The Balaban J connectivity index is 1.10. The highest BCUT2D eigenvalue weighted by molar-refractivity contribution is 6.30. The molecule has 1 unspecified atom stereocenters. The molecular weight excluding hydrogens is 412 g/mol. The van der Waals surface area contributed by atoms with Crippen LogP contribution in [0.15, 0.2) is 55.0 Å². The van der Waals surface area contributed by atoms with Crippen LogP contribution in [0.5, 0.6) is 0 Å². The van der Waals surface area contributed by atoms with Crippen molar-refractivity contribution in [3.05, 3.63) is 76.8 Å². The fourth-order valence-electron chi connectivity index (χ4n) is 4.20. The van der Waals surface area contributed by atoms with Crippen LogP contribution in [0.4, 0.5) is 5.82 Å². The summed E-state index contributed by atoms with van der Waals surface area (Å²) in [5.74, 6) is 1.30. The van der Waals surface area contributed by atoms with Gasteiger partial charge in [0.25, 0.3) is 0 Å². The normalized spacial score (nSPS) is 20.2. The summed E-state index contributed by atoms with van der Waals surface area (Å²) in [6, 6.07) is 11.9. The van der Waals surface area contributed by atoms with Gasteiger partial charge in [-0.1, -0.05) is 35.0 Å². The second-order valence-corrected chi connectivity index (χ2v) is 8.97. The average molecular weight is 433 g/mol. The first-order chi connectivity index (χ1) is 15.1. The van der Waals surface area contributed by atoms with Gasteiger partial charge in [0.15, 0.2) is 5.82 Å². The quantitative estimate of drug-likeness (QED) is 0.494. The summed E-state index contributed by atoms with van der Waals surface area (Å²) in [6.07, 6.45) is 9.32. The summed E-state index contributed by atoms with van der Waals surface area (Å²) in [6.45, 7) is 0.498. The van der Waals surface area contributed by atoms with E-state index in [-0.39, 0.29) is 17.7 Å². The highest BCUT2D eigenvalue weighted by atomic mass is 35.5. The number of benzene rings is 1. The fourth-order valence-corrected chi connectivity index (χ4v) is 4.40. The monoisotopic (exact) mass is 432 g/mol. The Labute approximate surface area is 184 Å². The SMILES string of the molecule is O=C(Nc1cn(Cc2cn3cc(C4CC4)ccc3n2)nn1)C1C[C@@H]1c1cccc(Cl)c1. The molecule has 1 amide bonds. The average Bonchev–Trinajstić information content (AvgIpc) is 3.67. The molecule has 1 aromatic carbocycles. The number of hydrogen-bond donors (Lipinski definition) is 1. The number of rotatable bonds is 6. The molecule has 2 aliphatic rings. The molecule has 31 heavy (non-hydrogen) atoms. The number of carbonyl (C=O) groups is 1. The molecule has 4 aromatic rings. The fraction of sp³-hybridized carbons (Fsp3) is 0.304. The van der Waals surface area contributed by atoms with Crippen LogP contribution in [0.2, 0.25) is 5.02 Å². The van der Waals surface area contributed by atoms with E-state index in [1.54, 1.807) is 10.9 Å². The Morgan fingerprint density at radius 2 is 2.03 bits per heavy atom. The van der Waals surface area contributed by atoms with Gasteiger partial charge in [0, 0.05) is 23.3 Å². The van der Waals surface area contributed by atoms with E-state index in [4.69, 9.17) is 11.6 Å². The van der Waals surface area contributed by atoms with E-state index >= 15 is 0 Å². The van der Waals surface area contributed by atoms with E-state index in [1.807, 2.05) is 30.5 Å². The number of pyridine rings is 1. The van der Waals surface area contributed by atoms with Crippen molar-refractivity contribution in [2.24, 2.45) is 5.92 Å². The maximum atomic E-state index is 12.6. The highest BCUT2D eigenvalue weighted by Crippen LogP contribution is 2.48. The molecule has 3 heterocycles. The summed E-state index contributed by atoms with van der Waals surface area (Å²) in [5, 5.41) is 11.8. The minimum Gasteiger partial charge on any atom is -0.308 e. The summed E-state index contributed by atoms with van der Waals surface area (Å²) >= 11 is 6.06. The van der Waals surface area contributed by atoms with Crippen molar-refractivity contribution in [2.75, 3.05) is 5.32 Å². The molecule has 0 spiro atoms. The molecule has 2 saturated carbocycles. The lowest BCUT2D eigenvalue weighted by Gasteiger charge is -2.02. The minimum absolute atomic E-state index is 0.0302. The number of hydrogen-bond acceptors (Lipinski definition) is 4. The van der Waals surface area contributed by atoms with Crippen LogP contribution in [-0.4, -0.2) is 30.3 Å². The Hall–Kier alpha value is -3.19. The lowest BCUT2D eigenvalue weighted by molar-refractivity contribution is -0.117.